The van der Waals surface area contributed by atoms with E-state index in [9.17, 15) is 4.79 Å². The highest BCUT2D eigenvalue weighted by atomic mass is 35.5. The number of ether oxygens (including phenoxy) is 1. The number of nitrogens with two attached hydrogens (primary N) is 1. The van der Waals surface area contributed by atoms with Crippen molar-refractivity contribution in [3.63, 3.8) is 0 Å². The van der Waals surface area contributed by atoms with Crippen LogP contribution in [0, 0.1) is 6.92 Å². The van der Waals surface area contributed by atoms with E-state index in [4.69, 9.17) is 27.2 Å². The second-order valence-electron chi connectivity index (χ2n) is 3.81. The molecule has 1 unspecified atom stereocenters. The summed E-state index contributed by atoms with van der Waals surface area (Å²) in [6.07, 6.45) is 0. The lowest BCUT2D eigenvalue weighted by Gasteiger charge is -2.23. The first-order valence-corrected chi connectivity index (χ1v) is 5.05. The number of benzene rings is 1. The summed E-state index contributed by atoms with van der Waals surface area (Å²) in [7, 11) is 1.46. The van der Waals surface area contributed by atoms with Crippen molar-refractivity contribution in [3.8, 4) is 5.75 Å². The second kappa shape index (κ2) is 4.31. The second-order valence-corrected chi connectivity index (χ2v) is 4.22. The van der Waals surface area contributed by atoms with Crippen molar-refractivity contribution in [2.45, 2.75) is 19.4 Å². The molecule has 0 heterocycles. The van der Waals surface area contributed by atoms with Crippen LogP contribution in [0.1, 0.15) is 18.1 Å². The van der Waals surface area contributed by atoms with Crippen LogP contribution in [0.15, 0.2) is 12.1 Å². The minimum absolute atomic E-state index is 0.359. The van der Waals surface area contributed by atoms with Crippen molar-refractivity contribution in [2.75, 3.05) is 7.11 Å². The maximum absolute atomic E-state index is 11.1. The summed E-state index contributed by atoms with van der Waals surface area (Å²) in [5, 5.41) is 9.52. The quantitative estimate of drug-likeness (QED) is 0.851. The molecule has 0 amide bonds. The van der Waals surface area contributed by atoms with Gasteiger partial charge in [-0.1, -0.05) is 11.6 Å². The highest BCUT2D eigenvalue weighted by Gasteiger charge is 2.33. The predicted molar refractivity (Wildman–Crippen MR) is 61.9 cm³/mol. The van der Waals surface area contributed by atoms with Crippen LogP contribution in [0.2, 0.25) is 5.02 Å². The number of aliphatic carboxylic acids is 1. The molecule has 0 fully saturated rings. The summed E-state index contributed by atoms with van der Waals surface area (Å²) in [5.41, 5.74) is 5.38. The number of hydrogen-bond donors (Lipinski definition) is 2. The van der Waals surface area contributed by atoms with Gasteiger partial charge in [-0.2, -0.15) is 0 Å². The minimum Gasteiger partial charge on any atom is -0.496 e. The maximum atomic E-state index is 11.1. The molecule has 3 N–H and O–H groups in total. The lowest BCUT2D eigenvalue weighted by atomic mass is 9.91. The first kappa shape index (κ1) is 12.8. The molecule has 4 nitrogen and oxygen atoms in total. The van der Waals surface area contributed by atoms with Crippen molar-refractivity contribution in [3.05, 3.63) is 28.3 Å². The topological polar surface area (TPSA) is 72.5 Å². The molecule has 1 atom stereocenters. The summed E-state index contributed by atoms with van der Waals surface area (Å²) in [6, 6.07) is 3.20. The van der Waals surface area contributed by atoms with Gasteiger partial charge in [0.2, 0.25) is 0 Å². The van der Waals surface area contributed by atoms with Gasteiger partial charge in [-0.15, -0.1) is 0 Å². The van der Waals surface area contributed by atoms with E-state index in [1.165, 1.54) is 20.1 Å². The lowest BCUT2D eigenvalue weighted by Crippen LogP contribution is -2.42. The van der Waals surface area contributed by atoms with E-state index < -0.39 is 11.5 Å². The number of hydrogen-bond acceptors (Lipinski definition) is 3. The zero-order chi connectivity index (χ0) is 12.5. The normalized spacial score (nSPS) is 14.3. The van der Waals surface area contributed by atoms with Gasteiger partial charge in [0.05, 0.1) is 7.11 Å². The number of carboxylic acid groups (broad SMARTS) is 1. The first-order valence-electron chi connectivity index (χ1n) is 4.67. The van der Waals surface area contributed by atoms with Crippen molar-refractivity contribution in [2.24, 2.45) is 5.73 Å². The number of carbonyl (C=O) groups is 1. The van der Waals surface area contributed by atoms with Gasteiger partial charge in [0, 0.05) is 10.6 Å². The van der Waals surface area contributed by atoms with Gasteiger partial charge in [-0.25, -0.2) is 4.79 Å². The molecule has 0 aliphatic heterocycles. The van der Waals surface area contributed by atoms with Gasteiger partial charge in [0.15, 0.2) is 0 Å². The Morgan fingerprint density at radius 2 is 2.12 bits per heavy atom. The Kier molecular flexibility index (Phi) is 3.45. The molecule has 1 rings (SSSR count). The molecule has 16 heavy (non-hydrogen) atoms. The largest absolute Gasteiger partial charge is 0.496 e. The third kappa shape index (κ3) is 2.13. The van der Waals surface area contributed by atoms with E-state index in [0.29, 0.717) is 16.3 Å². The molecule has 0 bridgehead atoms. The van der Waals surface area contributed by atoms with Crippen LogP contribution in [0.3, 0.4) is 0 Å². The standard InChI is InChI=1S/C11H14ClNO3/c1-6-4-9(16-3)7(5-8(6)12)11(2,13)10(14)15/h4-5H,13H2,1-3H3,(H,14,15). The van der Waals surface area contributed by atoms with E-state index in [2.05, 4.69) is 0 Å². The van der Waals surface area contributed by atoms with E-state index in [1.807, 2.05) is 6.92 Å². The summed E-state index contributed by atoms with van der Waals surface area (Å²) < 4.78 is 5.12. The molecule has 0 aromatic heterocycles. The lowest BCUT2D eigenvalue weighted by molar-refractivity contribution is -0.143. The number of aryl methyl sites for hydroxylation is 1. The Labute approximate surface area is 99.0 Å². The van der Waals surface area contributed by atoms with Gasteiger partial charge < -0.3 is 15.6 Å². The Balaban J connectivity index is 3.43. The number of halogens is 1. The average molecular weight is 244 g/mol. The molecule has 0 radical (unpaired) electrons. The molecule has 0 saturated carbocycles. The van der Waals surface area contributed by atoms with Gasteiger partial charge in [-0.3, -0.25) is 0 Å². The highest BCUT2D eigenvalue weighted by molar-refractivity contribution is 6.31. The molecule has 0 aliphatic carbocycles. The van der Waals surface area contributed by atoms with Crippen molar-refractivity contribution < 1.29 is 14.6 Å². The van der Waals surface area contributed by atoms with Gasteiger partial charge in [-0.05, 0) is 31.5 Å². The van der Waals surface area contributed by atoms with Crippen LogP contribution >= 0.6 is 11.6 Å². The molecule has 1 aromatic rings. The zero-order valence-electron chi connectivity index (χ0n) is 9.37. The summed E-state index contributed by atoms with van der Waals surface area (Å²) >= 11 is 5.95. The maximum Gasteiger partial charge on any atom is 0.328 e. The highest BCUT2D eigenvalue weighted by Crippen LogP contribution is 2.33. The van der Waals surface area contributed by atoms with E-state index in [-0.39, 0.29) is 0 Å². The molecular formula is C11H14ClNO3. The molecule has 0 spiro atoms. The SMILES string of the molecule is COc1cc(C)c(Cl)cc1C(C)(N)C(=O)O. The minimum atomic E-state index is -1.53. The third-order valence-corrected chi connectivity index (χ3v) is 2.89. The van der Waals surface area contributed by atoms with Crippen LogP contribution in [0.4, 0.5) is 0 Å². The van der Waals surface area contributed by atoms with Gasteiger partial charge in [0.1, 0.15) is 11.3 Å². The summed E-state index contributed by atoms with van der Waals surface area (Å²) in [6.45, 7) is 3.21. The van der Waals surface area contributed by atoms with Crippen molar-refractivity contribution in [1.29, 1.82) is 0 Å². The summed E-state index contributed by atoms with van der Waals surface area (Å²) in [4.78, 5) is 11.1. The monoisotopic (exact) mass is 243 g/mol. The van der Waals surface area contributed by atoms with E-state index in [0.717, 1.165) is 5.56 Å². The van der Waals surface area contributed by atoms with Crippen molar-refractivity contribution >= 4 is 17.6 Å². The fourth-order valence-corrected chi connectivity index (χ4v) is 1.51. The van der Waals surface area contributed by atoms with Crippen LogP contribution in [0.25, 0.3) is 0 Å². The average Bonchev–Trinajstić information content (AvgIpc) is 2.20. The fraction of sp³-hybridized carbons (Fsp3) is 0.364. The molecule has 1 aromatic carbocycles. The molecular weight excluding hydrogens is 230 g/mol. The molecule has 88 valence electrons. The molecule has 0 saturated heterocycles. The Bertz CT molecular complexity index is 429. The fourth-order valence-electron chi connectivity index (χ4n) is 1.34. The Morgan fingerprint density at radius 1 is 1.56 bits per heavy atom. The number of methoxy groups -OCH3 is 1. The van der Waals surface area contributed by atoms with E-state index in [1.54, 1.807) is 6.07 Å². The van der Waals surface area contributed by atoms with Crippen LogP contribution in [-0.2, 0) is 10.3 Å². The van der Waals surface area contributed by atoms with Gasteiger partial charge >= 0.3 is 5.97 Å². The summed E-state index contributed by atoms with van der Waals surface area (Å²) in [5.74, 6) is -0.708. The predicted octanol–water partition coefficient (Wildman–Crippen LogP) is 1.92. The van der Waals surface area contributed by atoms with E-state index >= 15 is 0 Å². The smallest absolute Gasteiger partial charge is 0.328 e. The Hall–Kier alpha value is -1.26. The Morgan fingerprint density at radius 3 is 2.56 bits per heavy atom. The molecule has 5 heteroatoms. The molecule has 0 aliphatic rings. The number of rotatable bonds is 3. The number of carboxylic acids is 1. The third-order valence-electron chi connectivity index (χ3n) is 2.48. The van der Waals surface area contributed by atoms with Crippen LogP contribution in [-0.4, -0.2) is 18.2 Å². The van der Waals surface area contributed by atoms with Gasteiger partial charge in [0.25, 0.3) is 0 Å². The zero-order valence-corrected chi connectivity index (χ0v) is 10.1. The van der Waals surface area contributed by atoms with Crippen LogP contribution < -0.4 is 10.5 Å². The first-order chi connectivity index (χ1) is 7.30. The van der Waals surface area contributed by atoms with Crippen LogP contribution in [0.5, 0.6) is 5.75 Å². The van der Waals surface area contributed by atoms with Crippen molar-refractivity contribution in [1.82, 2.24) is 0 Å².